The molecule has 0 spiro atoms. The van der Waals surface area contributed by atoms with Gasteiger partial charge in [0.05, 0.1) is 5.92 Å². The highest BCUT2D eigenvalue weighted by Gasteiger charge is 2.28. The normalized spacial score (nSPS) is 12.1. The minimum Gasteiger partial charge on any atom is -0.350 e. The second-order valence-corrected chi connectivity index (χ2v) is 9.23. The van der Waals surface area contributed by atoms with Crippen LogP contribution in [0.1, 0.15) is 29.0 Å². The van der Waals surface area contributed by atoms with Crippen molar-refractivity contribution in [2.75, 3.05) is 0 Å². The average Bonchev–Trinajstić information content (AvgIpc) is 2.99. The van der Waals surface area contributed by atoms with Crippen LogP contribution in [0.5, 0.6) is 0 Å². The molecule has 7 heteroatoms. The lowest BCUT2D eigenvalue weighted by Crippen LogP contribution is -2.49. The van der Waals surface area contributed by atoms with Crippen molar-refractivity contribution >= 4 is 17.7 Å². The van der Waals surface area contributed by atoms with Crippen LogP contribution < -0.4 is 16.1 Å². The fourth-order valence-corrected chi connectivity index (χ4v) is 4.37. The number of carbonyl (C=O) groups excluding carboxylic acids is 3. The Morgan fingerprint density at radius 2 is 1.18 bits per heavy atom. The van der Waals surface area contributed by atoms with Crippen molar-refractivity contribution in [3.63, 3.8) is 0 Å². The first-order valence-corrected chi connectivity index (χ1v) is 12.8. The topological polar surface area (TPSA) is 108 Å². The minimum atomic E-state index is -0.915. The summed E-state index contributed by atoms with van der Waals surface area (Å²) in [5.74, 6) is -2.43. The maximum Gasteiger partial charge on any atom is 0.244 e. The predicted octanol–water partition coefficient (Wildman–Crippen LogP) is 4.38. The summed E-state index contributed by atoms with van der Waals surface area (Å²) >= 11 is 0. The van der Waals surface area contributed by atoms with Gasteiger partial charge in [0.25, 0.3) is 0 Å². The van der Waals surface area contributed by atoms with E-state index in [-0.39, 0.29) is 18.7 Å². The lowest BCUT2D eigenvalue weighted by atomic mass is 9.92. The SMILES string of the molecule is O=C(C[C@H](C(=O)N[C@@H](Cc1ccccc1)C(=O)NCc1ccccc1)c1ccc(-c2ccccc2)cc1)NO. The largest absolute Gasteiger partial charge is 0.350 e. The van der Waals surface area contributed by atoms with Crippen molar-refractivity contribution in [1.82, 2.24) is 16.1 Å². The zero-order valence-corrected chi connectivity index (χ0v) is 21.4. The van der Waals surface area contributed by atoms with Crippen LogP contribution in [0.25, 0.3) is 11.1 Å². The summed E-state index contributed by atoms with van der Waals surface area (Å²) in [5, 5.41) is 14.9. The Labute approximate surface area is 227 Å². The zero-order valence-electron chi connectivity index (χ0n) is 21.4. The number of carbonyl (C=O) groups is 3. The standard InChI is InChI=1S/C32H31N3O4/c36-30(35-39)21-28(27-18-16-26(17-19-27)25-14-8-3-9-15-25)31(37)34-29(20-23-10-4-1-5-11-23)32(38)33-22-24-12-6-2-7-13-24/h1-19,28-29,39H,20-22H2,(H,33,38)(H,34,37)(H,35,36)/t28-,29-/m0/s1. The molecule has 4 N–H and O–H groups in total. The third-order valence-electron chi connectivity index (χ3n) is 6.48. The molecule has 0 aromatic heterocycles. The van der Waals surface area contributed by atoms with Crippen molar-refractivity contribution in [2.45, 2.75) is 31.3 Å². The van der Waals surface area contributed by atoms with Crippen LogP contribution in [0.15, 0.2) is 115 Å². The highest BCUT2D eigenvalue weighted by molar-refractivity contribution is 5.93. The summed E-state index contributed by atoms with van der Waals surface area (Å²) in [6, 6.07) is 35.2. The molecule has 0 bridgehead atoms. The van der Waals surface area contributed by atoms with Gasteiger partial charge >= 0.3 is 0 Å². The Morgan fingerprint density at radius 1 is 0.641 bits per heavy atom. The van der Waals surface area contributed by atoms with Crippen LogP contribution in [0.2, 0.25) is 0 Å². The molecule has 0 saturated heterocycles. The summed E-state index contributed by atoms with van der Waals surface area (Å²) in [5.41, 5.74) is 6.02. The van der Waals surface area contributed by atoms with Crippen LogP contribution in [-0.4, -0.2) is 29.0 Å². The molecule has 198 valence electrons. The zero-order chi connectivity index (χ0) is 27.5. The van der Waals surface area contributed by atoms with Gasteiger partial charge in [-0.2, -0.15) is 0 Å². The molecule has 7 nitrogen and oxygen atoms in total. The van der Waals surface area contributed by atoms with Crippen molar-refractivity contribution in [1.29, 1.82) is 0 Å². The monoisotopic (exact) mass is 521 g/mol. The number of nitrogens with one attached hydrogen (secondary N) is 3. The van der Waals surface area contributed by atoms with Gasteiger partial charge in [0.1, 0.15) is 6.04 Å². The number of amides is 3. The molecule has 0 saturated carbocycles. The maximum atomic E-state index is 13.6. The molecule has 0 aliphatic rings. The quantitative estimate of drug-likeness (QED) is 0.174. The lowest BCUT2D eigenvalue weighted by molar-refractivity contribution is -0.134. The highest BCUT2D eigenvalue weighted by Crippen LogP contribution is 2.25. The molecule has 0 heterocycles. The van der Waals surface area contributed by atoms with Crippen molar-refractivity contribution in [3.05, 3.63) is 132 Å². The Hall–Kier alpha value is -4.75. The molecule has 0 aliphatic heterocycles. The third-order valence-corrected chi connectivity index (χ3v) is 6.48. The second-order valence-electron chi connectivity index (χ2n) is 9.23. The first kappa shape index (κ1) is 27.3. The van der Waals surface area contributed by atoms with Crippen molar-refractivity contribution < 1.29 is 19.6 Å². The fraction of sp³-hybridized carbons (Fsp3) is 0.156. The molecule has 0 aliphatic carbocycles. The van der Waals surface area contributed by atoms with E-state index in [0.29, 0.717) is 12.1 Å². The number of rotatable bonds is 11. The van der Waals surface area contributed by atoms with Gasteiger partial charge in [-0.25, -0.2) is 5.48 Å². The van der Waals surface area contributed by atoms with E-state index < -0.39 is 23.8 Å². The number of hydrogen-bond donors (Lipinski definition) is 4. The number of benzene rings is 4. The number of hydroxylamine groups is 1. The van der Waals surface area contributed by atoms with E-state index in [1.165, 1.54) is 0 Å². The number of hydrogen-bond acceptors (Lipinski definition) is 4. The Kier molecular flexibility index (Phi) is 9.58. The molecule has 3 amide bonds. The summed E-state index contributed by atoms with van der Waals surface area (Å²) < 4.78 is 0. The van der Waals surface area contributed by atoms with Gasteiger partial charge in [-0.15, -0.1) is 0 Å². The molecular formula is C32H31N3O4. The fourth-order valence-electron chi connectivity index (χ4n) is 4.37. The smallest absolute Gasteiger partial charge is 0.244 e. The molecule has 0 radical (unpaired) electrons. The average molecular weight is 522 g/mol. The molecule has 4 aromatic rings. The van der Waals surface area contributed by atoms with E-state index in [1.807, 2.05) is 103 Å². The van der Waals surface area contributed by atoms with Crippen molar-refractivity contribution in [3.8, 4) is 11.1 Å². The van der Waals surface area contributed by atoms with Gasteiger partial charge in [-0.3, -0.25) is 19.6 Å². The van der Waals surface area contributed by atoms with E-state index >= 15 is 0 Å². The van der Waals surface area contributed by atoms with Gasteiger partial charge in [0.15, 0.2) is 0 Å². The maximum absolute atomic E-state index is 13.6. The first-order chi connectivity index (χ1) is 19.0. The van der Waals surface area contributed by atoms with Crippen molar-refractivity contribution in [2.24, 2.45) is 0 Å². The van der Waals surface area contributed by atoms with Gasteiger partial charge in [0.2, 0.25) is 17.7 Å². The third kappa shape index (κ3) is 7.87. The van der Waals surface area contributed by atoms with Crippen LogP contribution >= 0.6 is 0 Å². The summed E-state index contributed by atoms with van der Waals surface area (Å²) in [6.45, 7) is 0.318. The Balaban J connectivity index is 1.54. The predicted molar refractivity (Wildman–Crippen MR) is 150 cm³/mol. The minimum absolute atomic E-state index is 0.277. The lowest BCUT2D eigenvalue weighted by Gasteiger charge is -2.23. The first-order valence-electron chi connectivity index (χ1n) is 12.8. The summed E-state index contributed by atoms with van der Waals surface area (Å²) in [6.07, 6.45) is -0.00419. The molecule has 0 fully saturated rings. The van der Waals surface area contributed by atoms with Crippen LogP contribution in [0.3, 0.4) is 0 Å². The van der Waals surface area contributed by atoms with Gasteiger partial charge in [-0.05, 0) is 27.8 Å². The highest BCUT2D eigenvalue weighted by atomic mass is 16.5. The van der Waals surface area contributed by atoms with Gasteiger partial charge in [-0.1, -0.05) is 115 Å². The molecular weight excluding hydrogens is 490 g/mol. The second kappa shape index (κ2) is 13.7. The van der Waals surface area contributed by atoms with Gasteiger partial charge < -0.3 is 10.6 Å². The van der Waals surface area contributed by atoms with E-state index in [0.717, 1.165) is 22.3 Å². The molecule has 4 rings (SSSR count). The van der Waals surface area contributed by atoms with Crippen LogP contribution in [-0.2, 0) is 27.3 Å². The van der Waals surface area contributed by atoms with Gasteiger partial charge in [0, 0.05) is 19.4 Å². The van der Waals surface area contributed by atoms with E-state index in [4.69, 9.17) is 5.21 Å². The molecule has 4 aromatic carbocycles. The Bertz CT molecular complexity index is 1360. The summed E-state index contributed by atoms with van der Waals surface area (Å²) in [4.78, 5) is 39.0. The molecule has 39 heavy (non-hydrogen) atoms. The van der Waals surface area contributed by atoms with E-state index in [2.05, 4.69) is 10.6 Å². The molecule has 0 unspecified atom stereocenters. The summed E-state index contributed by atoms with van der Waals surface area (Å²) in [7, 11) is 0. The van der Waals surface area contributed by atoms with E-state index in [9.17, 15) is 14.4 Å². The van der Waals surface area contributed by atoms with Crippen LogP contribution in [0, 0.1) is 0 Å². The molecule has 2 atom stereocenters. The van der Waals surface area contributed by atoms with Crippen LogP contribution in [0.4, 0.5) is 0 Å². The van der Waals surface area contributed by atoms with E-state index in [1.54, 1.807) is 17.6 Å². The Morgan fingerprint density at radius 3 is 1.77 bits per heavy atom.